The highest BCUT2D eigenvalue weighted by molar-refractivity contribution is 9.10. The number of amides is 2. The van der Waals surface area contributed by atoms with Crippen molar-refractivity contribution in [2.45, 2.75) is 83.8 Å². The van der Waals surface area contributed by atoms with Crippen molar-refractivity contribution in [3.63, 3.8) is 0 Å². The molecule has 1 aliphatic rings. The molecule has 0 bridgehead atoms. The first-order valence-electron chi connectivity index (χ1n) is 13.1. The van der Waals surface area contributed by atoms with Crippen LogP contribution in [0.4, 0.5) is 21.9 Å². The molecule has 0 radical (unpaired) electrons. The molecule has 3 rings (SSSR count). The Morgan fingerprint density at radius 3 is 2.49 bits per heavy atom. The van der Waals surface area contributed by atoms with Crippen molar-refractivity contribution in [2.75, 3.05) is 29.0 Å². The topological polar surface area (TPSA) is 132 Å². The van der Waals surface area contributed by atoms with Crippen molar-refractivity contribution in [1.29, 1.82) is 0 Å². The highest BCUT2D eigenvalue weighted by Gasteiger charge is 2.43. The molecule has 10 nitrogen and oxygen atoms in total. The zero-order valence-electron chi connectivity index (χ0n) is 24.1. The minimum absolute atomic E-state index is 0.0154. The third kappa shape index (κ3) is 8.15. The molecule has 0 aromatic carbocycles. The van der Waals surface area contributed by atoms with Crippen molar-refractivity contribution in [1.82, 2.24) is 15.3 Å². The quantitative estimate of drug-likeness (QED) is 0.282. The maximum atomic E-state index is 13.1. The van der Waals surface area contributed by atoms with Crippen molar-refractivity contribution in [3.05, 3.63) is 40.9 Å². The average molecular weight is 622 g/mol. The lowest BCUT2D eigenvalue weighted by Gasteiger charge is -2.46. The maximum Gasteiger partial charge on any atom is 0.407 e. The van der Waals surface area contributed by atoms with E-state index in [1.165, 1.54) is 0 Å². The highest BCUT2D eigenvalue weighted by atomic mass is 79.9. The molecule has 0 saturated carbocycles. The standard InChI is InChI=1S/C27H41BrN6O4Si/c1-26(2,3)37-25(36)32-18-12-14-34(16-21(18)38-39(7,8)27(4,5)6)20-11-13-30-15-19(20)31-24(35)23-17(29)9-10-22(28)33-23/h9-11,13,15,18,21H,12,14,16,29H2,1-8H3,(H,31,35)(H,32,36). The Balaban J connectivity index is 1.86. The van der Waals surface area contributed by atoms with Gasteiger partial charge in [0.15, 0.2) is 14.0 Å². The summed E-state index contributed by atoms with van der Waals surface area (Å²) in [5, 5.41) is 5.96. The molecule has 0 spiro atoms. The number of carbonyl (C=O) groups excluding carboxylic acids is 2. The van der Waals surface area contributed by atoms with E-state index in [1.54, 1.807) is 24.5 Å². The van der Waals surface area contributed by atoms with Gasteiger partial charge in [-0.3, -0.25) is 9.78 Å². The summed E-state index contributed by atoms with van der Waals surface area (Å²) in [5.41, 5.74) is 7.14. The summed E-state index contributed by atoms with van der Waals surface area (Å²) in [6, 6.07) is 4.94. The molecule has 1 saturated heterocycles. The van der Waals surface area contributed by atoms with E-state index in [-0.39, 0.29) is 28.6 Å². The third-order valence-electron chi connectivity index (χ3n) is 7.01. The van der Waals surface area contributed by atoms with Crippen molar-refractivity contribution < 1.29 is 18.8 Å². The first-order valence-corrected chi connectivity index (χ1v) is 16.8. The predicted octanol–water partition coefficient (Wildman–Crippen LogP) is 5.57. The number of alkyl carbamates (subject to hydrolysis) is 1. The summed E-state index contributed by atoms with van der Waals surface area (Å²) >= 11 is 3.29. The van der Waals surface area contributed by atoms with Gasteiger partial charge in [0.2, 0.25) is 0 Å². The zero-order chi connectivity index (χ0) is 29.2. The number of pyridine rings is 2. The Kier molecular flexibility index (Phi) is 9.34. The fourth-order valence-electron chi connectivity index (χ4n) is 4.00. The van der Waals surface area contributed by atoms with Crippen molar-refractivity contribution >= 4 is 53.3 Å². The SMILES string of the molecule is CC(C)(C)OC(=O)NC1CCN(c2ccncc2NC(=O)c2nc(Br)ccc2N)CC1O[Si](C)(C)C(C)(C)C. The van der Waals surface area contributed by atoms with Gasteiger partial charge in [-0.2, -0.15) is 0 Å². The molecule has 2 unspecified atom stereocenters. The Labute approximate surface area is 240 Å². The average Bonchev–Trinajstić information content (AvgIpc) is 2.80. The number of rotatable bonds is 6. The van der Waals surface area contributed by atoms with Gasteiger partial charge in [-0.05, 0) is 79.5 Å². The van der Waals surface area contributed by atoms with Crippen LogP contribution < -0.4 is 21.3 Å². The molecule has 3 heterocycles. The van der Waals surface area contributed by atoms with Gasteiger partial charge < -0.3 is 30.4 Å². The van der Waals surface area contributed by atoms with E-state index in [1.807, 2.05) is 26.8 Å². The smallest absolute Gasteiger partial charge is 0.407 e. The van der Waals surface area contributed by atoms with Gasteiger partial charge in [-0.15, -0.1) is 0 Å². The number of halogens is 1. The number of hydrogen-bond acceptors (Lipinski definition) is 8. The van der Waals surface area contributed by atoms with Crippen LogP contribution in [-0.2, 0) is 9.16 Å². The first-order chi connectivity index (χ1) is 18.0. The zero-order valence-corrected chi connectivity index (χ0v) is 26.7. The fourth-order valence-corrected chi connectivity index (χ4v) is 5.66. The van der Waals surface area contributed by atoms with E-state index in [4.69, 9.17) is 14.9 Å². The highest BCUT2D eigenvalue weighted by Crippen LogP contribution is 2.39. The molecule has 4 N–H and O–H groups in total. The summed E-state index contributed by atoms with van der Waals surface area (Å²) in [4.78, 5) is 36.4. The molecule has 2 aromatic rings. The van der Waals surface area contributed by atoms with Crippen LogP contribution >= 0.6 is 15.9 Å². The number of aromatic nitrogens is 2. The predicted molar refractivity (Wildman–Crippen MR) is 161 cm³/mol. The van der Waals surface area contributed by atoms with E-state index in [9.17, 15) is 9.59 Å². The number of anilines is 3. The number of ether oxygens (including phenoxy) is 1. The normalized spacial score (nSPS) is 18.4. The molecule has 2 amide bonds. The Morgan fingerprint density at radius 1 is 1.15 bits per heavy atom. The molecule has 1 fully saturated rings. The number of nitrogens with zero attached hydrogens (tertiary/aromatic N) is 3. The summed E-state index contributed by atoms with van der Waals surface area (Å²) in [7, 11) is -2.19. The van der Waals surface area contributed by atoms with Crippen LogP contribution in [-0.4, -0.2) is 61.1 Å². The summed E-state index contributed by atoms with van der Waals surface area (Å²) < 4.78 is 12.9. The Morgan fingerprint density at radius 2 is 1.85 bits per heavy atom. The summed E-state index contributed by atoms with van der Waals surface area (Å²) in [5.74, 6) is -0.432. The number of nitrogens with two attached hydrogens (primary N) is 1. The monoisotopic (exact) mass is 620 g/mol. The molecule has 214 valence electrons. The van der Waals surface area contributed by atoms with E-state index < -0.39 is 25.9 Å². The molecule has 2 aromatic heterocycles. The van der Waals surface area contributed by atoms with Gasteiger partial charge in [0.05, 0.1) is 35.4 Å². The Hall–Kier alpha value is -2.70. The van der Waals surface area contributed by atoms with Crippen LogP contribution in [0.2, 0.25) is 18.1 Å². The van der Waals surface area contributed by atoms with E-state index in [2.05, 4.69) is 75.3 Å². The van der Waals surface area contributed by atoms with Gasteiger partial charge in [0, 0.05) is 19.3 Å². The van der Waals surface area contributed by atoms with Gasteiger partial charge >= 0.3 is 6.09 Å². The Bertz CT molecular complexity index is 1200. The van der Waals surface area contributed by atoms with E-state index >= 15 is 0 Å². The molecule has 39 heavy (non-hydrogen) atoms. The lowest BCUT2D eigenvalue weighted by molar-refractivity contribution is 0.0415. The molecule has 12 heteroatoms. The van der Waals surface area contributed by atoms with Gasteiger partial charge in [-0.1, -0.05) is 20.8 Å². The van der Waals surface area contributed by atoms with Crippen molar-refractivity contribution in [3.8, 4) is 0 Å². The van der Waals surface area contributed by atoms with Gasteiger partial charge in [0.1, 0.15) is 10.2 Å². The number of carbonyl (C=O) groups is 2. The van der Waals surface area contributed by atoms with Gasteiger partial charge in [0.25, 0.3) is 5.91 Å². The maximum absolute atomic E-state index is 13.1. The molecule has 1 aliphatic heterocycles. The van der Waals surface area contributed by atoms with Crippen molar-refractivity contribution in [2.24, 2.45) is 0 Å². The molecular weight excluding hydrogens is 580 g/mol. The first kappa shape index (κ1) is 30.8. The second kappa shape index (κ2) is 11.8. The summed E-state index contributed by atoms with van der Waals surface area (Å²) in [6.07, 6.45) is 3.18. The van der Waals surface area contributed by atoms with Crippen LogP contribution in [0.15, 0.2) is 35.2 Å². The van der Waals surface area contributed by atoms with Crippen LogP contribution in [0.5, 0.6) is 0 Å². The molecular formula is C27H41BrN6O4Si. The summed E-state index contributed by atoms with van der Waals surface area (Å²) in [6.45, 7) is 17.6. The third-order valence-corrected chi connectivity index (χ3v) is 12.0. The minimum Gasteiger partial charge on any atom is -0.444 e. The lowest BCUT2D eigenvalue weighted by atomic mass is 10.0. The molecule has 0 aliphatic carbocycles. The molecule has 2 atom stereocenters. The number of nitrogen functional groups attached to an aromatic ring is 1. The van der Waals surface area contributed by atoms with E-state index in [0.717, 1.165) is 5.69 Å². The second-order valence-electron chi connectivity index (χ2n) is 12.3. The number of piperidine rings is 1. The van der Waals surface area contributed by atoms with Gasteiger partial charge in [-0.25, -0.2) is 9.78 Å². The van der Waals surface area contributed by atoms with E-state index in [0.29, 0.717) is 29.8 Å². The minimum atomic E-state index is -2.19. The van der Waals surface area contributed by atoms with Crippen LogP contribution in [0.3, 0.4) is 0 Å². The van der Waals surface area contributed by atoms with Crippen LogP contribution in [0, 0.1) is 0 Å². The second-order valence-corrected chi connectivity index (χ2v) is 17.9. The fraction of sp³-hybridized carbons (Fsp3) is 0.556. The largest absolute Gasteiger partial charge is 0.444 e. The van der Waals surface area contributed by atoms with Crippen LogP contribution in [0.25, 0.3) is 0 Å². The van der Waals surface area contributed by atoms with Crippen LogP contribution in [0.1, 0.15) is 58.5 Å². The number of nitrogens with one attached hydrogen (secondary N) is 2. The lowest BCUT2D eigenvalue weighted by Crippen LogP contribution is -2.59. The number of hydrogen-bond donors (Lipinski definition) is 3.